The Morgan fingerprint density at radius 1 is 0.365 bits per heavy atom. The number of hydrogen-bond acceptors (Lipinski definition) is 50. The molecule has 15 rings (SSSR count). The molecule has 0 saturated carbocycles. The highest BCUT2D eigenvalue weighted by Crippen LogP contribution is 2.57. The third kappa shape index (κ3) is 18.6. The molecule has 5 unspecified atom stereocenters. The molecule has 6 saturated heterocycles. The van der Waals surface area contributed by atoms with E-state index >= 15 is 0 Å². The first kappa shape index (κ1) is 91.2. The van der Waals surface area contributed by atoms with Gasteiger partial charge in [0.1, 0.15) is 133 Å². The Kier molecular flexibility index (Phi) is 25.5. The van der Waals surface area contributed by atoms with Crippen molar-refractivity contribution in [3.63, 3.8) is 0 Å². The number of aliphatic hydroxyl groups excluding tert-OH is 8. The summed E-state index contributed by atoms with van der Waals surface area (Å²) in [5.74, 6) is -2.55. The van der Waals surface area contributed by atoms with Crippen molar-refractivity contribution < 1.29 is 162 Å². The Labute approximate surface area is 694 Å². The lowest BCUT2D eigenvalue weighted by molar-refractivity contribution is -0.0658. The first-order valence-corrected chi connectivity index (χ1v) is 43.6. The van der Waals surface area contributed by atoms with Crippen molar-refractivity contribution >= 4 is 108 Å². The fraction of sp³-hybridized carbons (Fsp3) is 0.526. The van der Waals surface area contributed by atoms with Crippen LogP contribution >= 0.6 is 39.1 Å². The molecule has 64 nitrogen and oxygen atoms in total. The summed E-state index contributed by atoms with van der Waals surface area (Å²) >= 11 is 0. The molecule has 0 radical (unpaired) electrons. The smallest absolute Gasteiger partial charge is 0.394 e. The van der Waals surface area contributed by atoms with Crippen LogP contribution in [0.4, 0.5) is 35.3 Å². The number of ether oxygens (including phenoxy) is 6. The van der Waals surface area contributed by atoms with Gasteiger partial charge >= 0.3 is 56.2 Å². The van der Waals surface area contributed by atoms with Gasteiger partial charge in [-0.15, -0.1) is 0 Å². The molecule has 6 fully saturated rings. The number of aliphatic hydroxyl groups is 8. The second-order valence-corrected chi connectivity index (χ2v) is 35.2. The molecular weight excluding hydrogens is 1820 g/mol. The lowest BCUT2D eigenvalue weighted by Gasteiger charge is -2.27. The standard InChI is InChI=1S/C57H73N24O40P5/c58-22-1-4-77(56(94)67-22)47-31(87)36(18(113-47)9-107-123(98,99)117-35-16(7-82)111-49(30(35)86)79-13-64-25-40(60)70-55(93)73-41(25)79)118-124(100,101)108-10-19-37(32(88)48(114-19)78-5-2-23(59)68-57(78)95)119-125(102,103)109-12-21-39(34(90)51(116-21)81-15-66-27-43(81)72-53(62)75-45(27)92)121-126(104,105)110-11-20-38(33(89)50(115-20)80-14-65-26-42(80)71-52(61)74-44(26)91)120-122(96,97)106-8-17-28(84)29(85)46(112-17)76-6-3-24(83)69-54(76)63/h1-6,13-21,28-39,46-51,82,84-90H,7-12H2,(H,96,97)(H,98,99)(H,100,101)(H,102,103)(H,104,105)(H2,58,67,94)(H2,59,68,95)(H2,63,69,83)(H3,60,70,73,93)(H3,61,71,74,91)(H3,62,72,75,92)/t16-,17-,18-,19-,20-,21-,28-,29-,30-,31-,32-,33-,34-,35-,36-,37-,38-,39-,46-,47-,48-,49-,50-,51-/m1/s1. The molecule has 9 aromatic rings. The number of aromatic nitrogens is 18. The van der Waals surface area contributed by atoms with Gasteiger partial charge in [-0.05, 0) is 12.1 Å². The Balaban J connectivity index is 0.657. The molecule has 0 bridgehead atoms. The molecule has 28 N–H and O–H groups in total. The largest absolute Gasteiger partial charge is 0.472 e. The number of H-pyrrole nitrogens is 3. The van der Waals surface area contributed by atoms with Crippen LogP contribution in [0.2, 0.25) is 0 Å². The number of phosphoric ester groups is 5. The van der Waals surface area contributed by atoms with Gasteiger partial charge in [0.2, 0.25) is 17.8 Å². The fourth-order valence-electron chi connectivity index (χ4n) is 14.2. The highest BCUT2D eigenvalue weighted by atomic mass is 31.2. The summed E-state index contributed by atoms with van der Waals surface area (Å²) in [5, 5.41) is 91.2. The Morgan fingerprint density at radius 2 is 0.675 bits per heavy atom. The number of imidazole rings is 3. The minimum absolute atomic E-state index is 0.0820. The molecule has 15 heterocycles. The maximum Gasteiger partial charge on any atom is 0.472 e. The molecule has 0 spiro atoms. The van der Waals surface area contributed by atoms with E-state index in [2.05, 4.69) is 59.8 Å². The van der Waals surface area contributed by atoms with Crippen molar-refractivity contribution in [2.45, 2.75) is 147 Å². The van der Waals surface area contributed by atoms with Crippen molar-refractivity contribution in [3.8, 4) is 0 Å². The predicted octanol–water partition coefficient (Wildman–Crippen LogP) is -9.94. The lowest BCUT2D eigenvalue weighted by Crippen LogP contribution is -2.39. The predicted molar refractivity (Wildman–Crippen MR) is 402 cm³/mol. The highest BCUT2D eigenvalue weighted by Gasteiger charge is 2.58. The normalized spacial score (nSPS) is 32.4. The number of nitrogen functional groups attached to an aromatic ring is 6. The lowest BCUT2D eigenvalue weighted by atomic mass is 10.1. The average molecular weight is 1890 g/mol. The molecule has 69 heteroatoms. The zero-order valence-electron chi connectivity index (χ0n) is 63.0. The highest BCUT2D eigenvalue weighted by molar-refractivity contribution is 7.48. The number of nitrogens with two attached hydrogens (primary N) is 6. The van der Waals surface area contributed by atoms with Gasteiger partial charge in [-0.1, -0.05) is 0 Å². The molecule has 0 aromatic carbocycles. The van der Waals surface area contributed by atoms with Gasteiger partial charge in [0.25, 0.3) is 16.7 Å². The zero-order valence-corrected chi connectivity index (χ0v) is 67.5. The monoisotopic (exact) mass is 1890 g/mol. The molecule has 6 aliphatic heterocycles. The van der Waals surface area contributed by atoms with Gasteiger partial charge in [0.05, 0.1) is 58.6 Å². The minimum Gasteiger partial charge on any atom is -0.394 e. The van der Waals surface area contributed by atoms with Crippen LogP contribution in [0.1, 0.15) is 37.4 Å². The third-order valence-corrected chi connectivity index (χ3v) is 24.9. The molecule has 6 aliphatic rings. The molecule has 686 valence electrons. The van der Waals surface area contributed by atoms with E-state index in [0.29, 0.717) is 9.13 Å². The van der Waals surface area contributed by atoms with Crippen LogP contribution in [0.3, 0.4) is 0 Å². The number of nitrogens with one attached hydrogen (secondary N) is 3. The Morgan fingerprint density at radius 3 is 1.03 bits per heavy atom. The van der Waals surface area contributed by atoms with E-state index in [9.17, 15) is 117 Å². The van der Waals surface area contributed by atoms with Crippen molar-refractivity contribution in [1.29, 1.82) is 0 Å². The van der Waals surface area contributed by atoms with Crippen molar-refractivity contribution in [2.24, 2.45) is 0 Å². The van der Waals surface area contributed by atoms with Crippen LogP contribution in [0.15, 0.2) is 84.5 Å². The summed E-state index contributed by atoms with van der Waals surface area (Å²) in [6.07, 6.45) is -44.4. The van der Waals surface area contributed by atoms with Crippen LogP contribution in [0.5, 0.6) is 0 Å². The van der Waals surface area contributed by atoms with E-state index in [1.165, 1.54) is 0 Å². The number of anilines is 6. The van der Waals surface area contributed by atoms with Crippen LogP contribution in [0.25, 0.3) is 33.5 Å². The van der Waals surface area contributed by atoms with E-state index < -0.39 is 306 Å². The SMILES string of the molecule is Nc1ccn([C@@H]2O[C@H](COP(=O)(O)O[C@H]3[C@@H](O)[C@H](n4ccc(N)nc4=O)O[C@@H]3COP(=O)(O)O[C@H]3[C@@H](O)[C@H](n4cnc5c(N)[nH]c(=O)nc54)O[C@@H]3CO)[C@@H](OP(=O)(O)OC[C@H]3O[C@@H](n4cnc5c(=O)[nH]c(N)nc54)[C@H](O)[C@@H]3OP(=O)(O)OC[C@H]3O[C@@H](n4cnc5c(=O)[nH]c(N)nc54)[C@H](O)[C@@H]3OP(=O)(O)OC[C@H]3O[C@@H](n4ccc(=O)nc4N)[C@H](O)[C@@H]3O)[C@H]2O)c(=O)n1. The number of hydrogen-bond donors (Lipinski definition) is 22. The van der Waals surface area contributed by atoms with Gasteiger partial charge in [-0.25, -0.2) is 52.2 Å². The quantitative estimate of drug-likeness (QED) is 0.0174. The molecular formula is C57H73N24O40P5. The minimum atomic E-state index is -6.05. The number of rotatable bonds is 32. The topological polar surface area (TPSA) is 948 Å². The maximum atomic E-state index is 14.5. The average Bonchev–Trinajstić information content (AvgIpc) is 1.62. The second-order valence-electron chi connectivity index (χ2n) is 28.1. The van der Waals surface area contributed by atoms with E-state index in [-0.39, 0.29) is 22.8 Å². The summed E-state index contributed by atoms with van der Waals surface area (Å²) in [4.78, 5) is 174. The summed E-state index contributed by atoms with van der Waals surface area (Å²) in [6, 6.07) is 2.97. The van der Waals surface area contributed by atoms with Gasteiger partial charge in [-0.2, -0.15) is 29.9 Å². The molecule has 9 aromatic heterocycles. The first-order chi connectivity index (χ1) is 59.3. The molecule has 0 amide bonds. The number of aromatic amines is 3. The maximum absolute atomic E-state index is 14.5. The van der Waals surface area contributed by atoms with Crippen LogP contribution in [-0.4, -0.2) is 302 Å². The Hall–Kier alpha value is -9.52. The van der Waals surface area contributed by atoms with Gasteiger partial charge < -0.3 is 128 Å². The van der Waals surface area contributed by atoms with Crippen LogP contribution in [-0.2, 0) is 96.5 Å². The van der Waals surface area contributed by atoms with E-state index in [0.717, 1.165) is 74.0 Å². The Bertz CT molecular complexity index is 6260. The van der Waals surface area contributed by atoms with Crippen molar-refractivity contribution in [3.05, 3.63) is 118 Å². The van der Waals surface area contributed by atoms with E-state index in [1.54, 1.807) is 0 Å². The summed E-state index contributed by atoms with van der Waals surface area (Å²) in [5.41, 5.74) is 26.4. The van der Waals surface area contributed by atoms with E-state index in [1.807, 2.05) is 0 Å². The second kappa shape index (κ2) is 35.2. The van der Waals surface area contributed by atoms with Crippen molar-refractivity contribution in [1.82, 2.24) is 87.2 Å². The van der Waals surface area contributed by atoms with Crippen LogP contribution in [0, 0.1) is 0 Å². The van der Waals surface area contributed by atoms with Gasteiger partial charge in [0, 0.05) is 24.7 Å². The van der Waals surface area contributed by atoms with E-state index in [4.69, 9.17) is 108 Å². The molecule has 0 aliphatic carbocycles. The van der Waals surface area contributed by atoms with Gasteiger partial charge in [0.15, 0.2) is 65.3 Å². The number of nitrogens with zero attached hydrogens (tertiary/aromatic N) is 15. The number of fused-ring (bicyclic) bond motifs is 3. The summed E-state index contributed by atoms with van der Waals surface area (Å²) in [7, 11) is -29.4. The van der Waals surface area contributed by atoms with Gasteiger partial charge in [-0.3, -0.25) is 102 Å². The van der Waals surface area contributed by atoms with Crippen LogP contribution < -0.4 is 68.1 Å². The zero-order chi connectivity index (χ0) is 90.6. The van der Waals surface area contributed by atoms with Crippen molar-refractivity contribution in [2.75, 3.05) is 74.0 Å². The third-order valence-electron chi connectivity index (χ3n) is 19.9. The summed E-state index contributed by atoms with van der Waals surface area (Å²) < 4.78 is 164. The number of phosphoric acid groups is 5. The fourth-order valence-corrected chi connectivity index (χ4v) is 19.0. The summed E-state index contributed by atoms with van der Waals surface area (Å²) in [6.45, 7) is -7.82. The molecule has 126 heavy (non-hydrogen) atoms. The first-order valence-electron chi connectivity index (χ1n) is 36.2. The molecule has 29 atom stereocenters.